The van der Waals surface area contributed by atoms with Crippen molar-refractivity contribution >= 4 is 28.3 Å². The van der Waals surface area contributed by atoms with Gasteiger partial charge in [0.15, 0.2) is 5.13 Å². The third kappa shape index (κ3) is 5.25. The summed E-state index contributed by atoms with van der Waals surface area (Å²) in [6.45, 7) is 3.66. The van der Waals surface area contributed by atoms with E-state index in [0.29, 0.717) is 33.6 Å². The fourth-order valence-corrected chi connectivity index (χ4v) is 5.12. The van der Waals surface area contributed by atoms with Crippen molar-refractivity contribution in [1.29, 1.82) is 0 Å². The minimum Gasteiger partial charge on any atom is -0.395 e. The molecule has 37 heavy (non-hydrogen) atoms. The van der Waals surface area contributed by atoms with Crippen molar-refractivity contribution in [2.75, 3.05) is 18.5 Å². The van der Waals surface area contributed by atoms with Gasteiger partial charge < -0.3 is 15.7 Å². The van der Waals surface area contributed by atoms with Crippen LogP contribution < -0.4 is 10.6 Å². The number of aliphatic hydroxyl groups excluding tert-OH is 1. The van der Waals surface area contributed by atoms with E-state index in [1.807, 2.05) is 49.6 Å². The molecule has 0 fully saturated rings. The second-order valence-electron chi connectivity index (χ2n) is 9.26. The van der Waals surface area contributed by atoms with E-state index in [9.17, 15) is 14.7 Å². The highest BCUT2D eigenvalue weighted by Crippen LogP contribution is 2.38. The van der Waals surface area contributed by atoms with Gasteiger partial charge in [0, 0.05) is 22.6 Å². The van der Waals surface area contributed by atoms with Crippen molar-refractivity contribution in [3.8, 4) is 22.8 Å². The Morgan fingerprint density at radius 3 is 2.62 bits per heavy atom. The number of nitrogens with zero attached hydrogens (tertiary/aromatic N) is 4. The molecule has 0 unspecified atom stereocenters. The Morgan fingerprint density at radius 1 is 1.05 bits per heavy atom. The maximum Gasteiger partial charge on any atom is 0.251 e. The van der Waals surface area contributed by atoms with Gasteiger partial charge in [-0.05, 0) is 61.2 Å². The first-order chi connectivity index (χ1) is 17.8. The third-order valence-electron chi connectivity index (χ3n) is 6.53. The number of amides is 2. The van der Waals surface area contributed by atoms with Gasteiger partial charge in [0.25, 0.3) is 5.91 Å². The van der Waals surface area contributed by atoms with Crippen molar-refractivity contribution < 1.29 is 14.7 Å². The molecule has 3 N–H and O–H groups in total. The molecule has 1 aliphatic rings. The standard InChI is InChI=1S/C27H26N6O3S/c1-16-28-11-9-22(30-16)20-4-3-5-21(31-20)23-14-37-26(32-23)33-24(35)13-29-25(36)18-7-6-17-8-10-27(2,15-34)19(17)12-18/h3-7,9,11-12,14,34H,8,10,13,15H2,1-2H3,(H,29,36)(H,32,33,35)/t27-/m1/s1. The quantitative estimate of drug-likeness (QED) is 0.344. The largest absolute Gasteiger partial charge is 0.395 e. The lowest BCUT2D eigenvalue weighted by Crippen LogP contribution is -2.33. The highest BCUT2D eigenvalue weighted by Gasteiger charge is 2.34. The Kier molecular flexibility index (Phi) is 6.77. The second-order valence-corrected chi connectivity index (χ2v) is 10.1. The Hall–Kier alpha value is -4.02. The molecule has 1 aromatic carbocycles. The molecule has 0 spiro atoms. The number of rotatable bonds is 7. The molecule has 0 radical (unpaired) electrons. The van der Waals surface area contributed by atoms with E-state index in [-0.39, 0.29) is 30.4 Å². The summed E-state index contributed by atoms with van der Waals surface area (Å²) in [5.74, 6) is -0.0602. The van der Waals surface area contributed by atoms with Crippen LogP contribution in [0.25, 0.3) is 22.8 Å². The lowest BCUT2D eigenvalue weighted by Gasteiger charge is -2.22. The molecule has 4 aromatic rings. The Morgan fingerprint density at radius 2 is 1.84 bits per heavy atom. The number of thiazole rings is 1. The number of hydrogen-bond donors (Lipinski definition) is 3. The molecule has 3 heterocycles. The number of carbonyl (C=O) groups excluding carboxylic acids is 2. The van der Waals surface area contributed by atoms with E-state index in [2.05, 4.69) is 30.6 Å². The molecular weight excluding hydrogens is 488 g/mol. The normalized spacial score (nSPS) is 16.3. The average molecular weight is 515 g/mol. The van der Waals surface area contributed by atoms with Crippen molar-refractivity contribution in [3.05, 3.63) is 76.6 Å². The molecule has 0 saturated heterocycles. The summed E-state index contributed by atoms with van der Waals surface area (Å²) in [5.41, 5.74) is 4.98. The number of hydrogen-bond acceptors (Lipinski definition) is 8. The predicted octanol–water partition coefficient (Wildman–Crippen LogP) is 3.54. The average Bonchev–Trinajstić information content (AvgIpc) is 3.52. The van der Waals surface area contributed by atoms with E-state index in [1.54, 1.807) is 18.3 Å². The van der Waals surface area contributed by atoms with Gasteiger partial charge in [0.2, 0.25) is 5.91 Å². The van der Waals surface area contributed by atoms with E-state index >= 15 is 0 Å². The van der Waals surface area contributed by atoms with Crippen molar-refractivity contribution in [1.82, 2.24) is 25.3 Å². The summed E-state index contributed by atoms with van der Waals surface area (Å²) in [6.07, 6.45) is 3.42. The summed E-state index contributed by atoms with van der Waals surface area (Å²) >= 11 is 1.28. The topological polar surface area (TPSA) is 130 Å². The van der Waals surface area contributed by atoms with Gasteiger partial charge >= 0.3 is 0 Å². The summed E-state index contributed by atoms with van der Waals surface area (Å²) in [7, 11) is 0. The zero-order chi connectivity index (χ0) is 26.0. The molecule has 2 amide bonds. The van der Waals surface area contributed by atoms with Crippen LogP contribution in [-0.2, 0) is 16.6 Å². The van der Waals surface area contributed by atoms with Crippen LogP contribution in [0.5, 0.6) is 0 Å². The zero-order valence-electron chi connectivity index (χ0n) is 20.5. The maximum absolute atomic E-state index is 12.7. The van der Waals surface area contributed by atoms with Crippen LogP contribution in [0.15, 0.2) is 54.0 Å². The predicted molar refractivity (Wildman–Crippen MR) is 141 cm³/mol. The minimum absolute atomic E-state index is 0.0311. The van der Waals surface area contributed by atoms with E-state index in [0.717, 1.165) is 29.7 Å². The van der Waals surface area contributed by atoms with Gasteiger partial charge in [0.1, 0.15) is 11.5 Å². The summed E-state index contributed by atoms with van der Waals surface area (Å²) < 4.78 is 0. The smallest absolute Gasteiger partial charge is 0.251 e. The van der Waals surface area contributed by atoms with E-state index in [1.165, 1.54) is 11.3 Å². The number of benzene rings is 1. The molecule has 9 nitrogen and oxygen atoms in total. The lowest BCUT2D eigenvalue weighted by atomic mass is 9.84. The molecule has 1 aliphatic carbocycles. The fourth-order valence-electron chi connectivity index (χ4n) is 4.40. The molecule has 0 saturated carbocycles. The monoisotopic (exact) mass is 514 g/mol. The Labute approximate surface area is 218 Å². The van der Waals surface area contributed by atoms with Crippen LogP contribution in [0.2, 0.25) is 0 Å². The number of aliphatic hydroxyl groups is 1. The van der Waals surface area contributed by atoms with E-state index in [4.69, 9.17) is 0 Å². The minimum atomic E-state index is -0.381. The van der Waals surface area contributed by atoms with E-state index < -0.39 is 0 Å². The van der Waals surface area contributed by atoms with Crippen LogP contribution in [0.1, 0.15) is 40.7 Å². The molecule has 0 aliphatic heterocycles. The Bertz CT molecular complexity index is 1490. The molecule has 1 atom stereocenters. The number of anilines is 1. The first-order valence-corrected chi connectivity index (χ1v) is 12.8. The molecule has 188 valence electrons. The van der Waals surface area contributed by atoms with Crippen LogP contribution >= 0.6 is 11.3 Å². The number of carbonyl (C=O) groups is 2. The van der Waals surface area contributed by atoms with Crippen molar-refractivity contribution in [2.24, 2.45) is 0 Å². The first kappa shape index (κ1) is 24.7. The summed E-state index contributed by atoms with van der Waals surface area (Å²) in [6, 6.07) is 12.9. The lowest BCUT2D eigenvalue weighted by molar-refractivity contribution is -0.115. The summed E-state index contributed by atoms with van der Waals surface area (Å²) in [4.78, 5) is 42.8. The van der Waals surface area contributed by atoms with Gasteiger partial charge in [-0.15, -0.1) is 11.3 Å². The van der Waals surface area contributed by atoms with Gasteiger partial charge in [-0.25, -0.2) is 19.9 Å². The highest BCUT2D eigenvalue weighted by atomic mass is 32.1. The molecule has 0 bridgehead atoms. The first-order valence-electron chi connectivity index (χ1n) is 11.9. The van der Waals surface area contributed by atoms with Crippen LogP contribution in [0.4, 0.5) is 5.13 Å². The van der Waals surface area contributed by atoms with Crippen LogP contribution in [-0.4, -0.2) is 50.0 Å². The SMILES string of the molecule is Cc1nccc(-c2cccc(-c3csc(NC(=O)CNC(=O)c4ccc5c(c4)[C@@](C)(CO)CC5)n3)n2)n1. The number of pyridine rings is 1. The van der Waals surface area contributed by atoms with Crippen LogP contribution in [0.3, 0.4) is 0 Å². The number of aryl methyl sites for hydroxylation is 2. The molecular formula is C27H26N6O3S. The summed E-state index contributed by atoms with van der Waals surface area (Å²) in [5, 5.41) is 17.4. The van der Waals surface area contributed by atoms with Gasteiger partial charge in [-0.3, -0.25) is 9.59 Å². The van der Waals surface area contributed by atoms with Gasteiger partial charge in [-0.1, -0.05) is 19.1 Å². The zero-order valence-corrected chi connectivity index (χ0v) is 21.3. The fraction of sp³-hybridized carbons (Fsp3) is 0.259. The molecule has 3 aromatic heterocycles. The van der Waals surface area contributed by atoms with Gasteiger partial charge in [-0.2, -0.15) is 0 Å². The number of fused-ring (bicyclic) bond motifs is 1. The van der Waals surface area contributed by atoms with Crippen LogP contribution in [0, 0.1) is 6.92 Å². The number of aromatic nitrogens is 4. The van der Waals surface area contributed by atoms with Gasteiger partial charge in [0.05, 0.1) is 30.2 Å². The Balaban J connectivity index is 1.21. The highest BCUT2D eigenvalue weighted by molar-refractivity contribution is 7.14. The van der Waals surface area contributed by atoms with Crippen molar-refractivity contribution in [2.45, 2.75) is 32.1 Å². The maximum atomic E-state index is 12.7. The number of nitrogens with one attached hydrogen (secondary N) is 2. The van der Waals surface area contributed by atoms with Crippen molar-refractivity contribution in [3.63, 3.8) is 0 Å². The third-order valence-corrected chi connectivity index (χ3v) is 7.29. The molecule has 5 rings (SSSR count). The second kappa shape index (κ2) is 10.2. The molecule has 10 heteroatoms.